The van der Waals surface area contributed by atoms with E-state index in [9.17, 15) is 33.6 Å². The van der Waals surface area contributed by atoms with Crippen LogP contribution >= 0.6 is 23.2 Å². The normalized spacial score (nSPS) is 26.9. The monoisotopic (exact) mass is 1290 g/mol. The molecular formula is C64H105Cl2N5O17. The molecule has 8 unspecified atom stereocenters. The Morgan fingerprint density at radius 3 is 1.89 bits per heavy atom. The van der Waals surface area contributed by atoms with Crippen LogP contribution in [-0.4, -0.2) is 181 Å². The minimum atomic E-state index is -1.30. The molecule has 5 amide bonds. The van der Waals surface area contributed by atoms with E-state index in [1.54, 1.807) is 0 Å². The third-order valence-corrected chi connectivity index (χ3v) is 19.4. The molecule has 5 aliphatic carbocycles. The molecule has 88 heavy (non-hydrogen) atoms. The van der Waals surface area contributed by atoms with Gasteiger partial charge in [0.05, 0.1) is 59.5 Å². The number of fused-ring (bicyclic) bond motifs is 1. The van der Waals surface area contributed by atoms with Crippen molar-refractivity contribution in [2.75, 3.05) is 78.5 Å². The molecule has 0 radical (unpaired) electrons. The van der Waals surface area contributed by atoms with Gasteiger partial charge >= 0.3 is 18.0 Å². The van der Waals surface area contributed by atoms with Crippen molar-refractivity contribution in [3.63, 3.8) is 0 Å². The number of carbonyl (C=O) groups excluding carboxylic acids is 7. The van der Waals surface area contributed by atoms with Crippen molar-refractivity contribution < 1.29 is 80.9 Å². The Kier molecular flexibility index (Phi) is 33.0. The smallest absolute Gasteiger partial charge is 0.407 e. The Balaban J connectivity index is 1.02. The molecule has 0 aromatic rings. The van der Waals surface area contributed by atoms with E-state index in [-0.39, 0.29) is 106 Å². The second-order valence-electron chi connectivity index (χ2n) is 25.5. The van der Waals surface area contributed by atoms with Gasteiger partial charge < -0.3 is 74.0 Å². The van der Waals surface area contributed by atoms with Gasteiger partial charge in [0.15, 0.2) is 12.6 Å². The molecule has 0 aromatic heterocycles. The largest absolute Gasteiger partial charge is 0.464 e. The summed E-state index contributed by atoms with van der Waals surface area (Å²) in [7, 11) is 0. The third kappa shape index (κ3) is 25.1. The molecule has 7 aliphatic rings. The van der Waals surface area contributed by atoms with Crippen molar-refractivity contribution in [1.29, 1.82) is 0 Å². The second kappa shape index (κ2) is 40.4. The van der Waals surface area contributed by atoms with Crippen LogP contribution in [0.5, 0.6) is 0 Å². The van der Waals surface area contributed by atoms with Crippen LogP contribution in [0.4, 0.5) is 4.79 Å². The molecular weight excluding hydrogens is 1180 g/mol. The summed E-state index contributed by atoms with van der Waals surface area (Å²) in [6, 6.07) is -4.36. The Hall–Kier alpha value is -3.61. The standard InChI is InChI=1S/C64H105Cl2N5O17/c1-43(60(76)83-38-44-18-6-2-7-19-44)68-59(75)50(28-16-17-32-67-64(78)86-40-48-26-14-15-27-49(48)66)69-53(72)30-29-51(61(77)84-39-45-20-8-3-9-21-45)70-54(73)42-82-57-55(71-58(74)46-22-10-4-11-23-46)63(81-37-36-80-35-34-79-33-31-65)87-52-41-85-62(88-56(52)57)47-24-12-5-13-25-47/h43-52,55-57,62-63H,2-42H2,1H3,(H,67,78)(H,68,75)(H,69,72)(H,70,73)(H,71,74)/t43?,48?,49?,50?,51?,52-,55?,56?,57-,62?,63-/m1/s1. The molecule has 2 aliphatic heterocycles. The van der Waals surface area contributed by atoms with Gasteiger partial charge in [-0.1, -0.05) is 89.9 Å². The highest BCUT2D eigenvalue weighted by atomic mass is 35.5. The zero-order chi connectivity index (χ0) is 62.3. The van der Waals surface area contributed by atoms with Crippen molar-refractivity contribution in [3.05, 3.63) is 0 Å². The highest BCUT2D eigenvalue weighted by molar-refractivity contribution is 6.20. The second-order valence-corrected chi connectivity index (χ2v) is 26.5. The fraction of sp³-hybridized carbons (Fsp3) is 0.891. The highest BCUT2D eigenvalue weighted by Gasteiger charge is 2.53. The molecule has 11 atom stereocenters. The van der Waals surface area contributed by atoms with Crippen LogP contribution in [-0.2, 0) is 76.1 Å². The molecule has 24 heteroatoms. The summed E-state index contributed by atoms with van der Waals surface area (Å²) in [4.78, 5) is 96.6. The number of hydrogen-bond donors (Lipinski definition) is 5. The van der Waals surface area contributed by atoms with Gasteiger partial charge in [0.1, 0.15) is 49.1 Å². The Labute approximate surface area is 531 Å². The lowest BCUT2D eigenvalue weighted by atomic mass is 9.87. The zero-order valence-electron chi connectivity index (χ0n) is 52.3. The van der Waals surface area contributed by atoms with E-state index < -0.39 is 97.4 Å². The van der Waals surface area contributed by atoms with Gasteiger partial charge in [0.25, 0.3) is 0 Å². The summed E-state index contributed by atoms with van der Waals surface area (Å²) in [5.41, 5.74) is 0. The SMILES string of the molecule is CC(NC(=O)C(CCCCNC(=O)OCC1CCCCC1Cl)NC(=O)CCC(NC(=O)CO[C@@H]1C(NC(=O)C2CCCCC2)[C@H](OCCOCCOCCCl)O[C@@H]2COC(C3CCCCC3)OC12)C(=O)OCC1CCCCC1)C(=O)OCC1CCCCC1. The lowest BCUT2D eigenvalue weighted by Gasteiger charge is -2.50. The summed E-state index contributed by atoms with van der Waals surface area (Å²) >= 11 is 12.2. The fourth-order valence-corrected chi connectivity index (χ4v) is 13.9. The Bertz CT molecular complexity index is 2100. The lowest BCUT2D eigenvalue weighted by Crippen LogP contribution is -2.69. The topological polar surface area (TPSA) is 272 Å². The number of nitrogens with one attached hydrogen (secondary N) is 5. The van der Waals surface area contributed by atoms with Crippen LogP contribution in [0, 0.1) is 29.6 Å². The number of hydrogen-bond acceptors (Lipinski definition) is 17. The molecule has 2 heterocycles. The van der Waals surface area contributed by atoms with E-state index in [1.165, 1.54) is 6.92 Å². The summed E-state index contributed by atoms with van der Waals surface area (Å²) in [6.45, 7) is 3.39. The molecule has 7 rings (SSSR count). The summed E-state index contributed by atoms with van der Waals surface area (Å²) < 4.78 is 60.9. The van der Waals surface area contributed by atoms with E-state index in [4.69, 9.17) is 70.6 Å². The van der Waals surface area contributed by atoms with Crippen LogP contribution in [0.2, 0.25) is 0 Å². The minimum Gasteiger partial charge on any atom is -0.464 e. The average molecular weight is 1290 g/mol. The Morgan fingerprint density at radius 2 is 1.20 bits per heavy atom. The molecule has 502 valence electrons. The van der Waals surface area contributed by atoms with E-state index in [0.717, 1.165) is 154 Å². The van der Waals surface area contributed by atoms with Crippen molar-refractivity contribution in [1.82, 2.24) is 26.6 Å². The van der Waals surface area contributed by atoms with Gasteiger partial charge in [0, 0.05) is 42.0 Å². The molecule has 22 nitrogen and oxygen atoms in total. The zero-order valence-corrected chi connectivity index (χ0v) is 53.9. The van der Waals surface area contributed by atoms with Crippen LogP contribution in [0.25, 0.3) is 0 Å². The summed E-state index contributed by atoms with van der Waals surface area (Å²) in [5, 5.41) is 14.3. The molecule has 0 aromatic carbocycles. The molecule has 5 N–H and O–H groups in total. The molecule has 0 spiro atoms. The lowest BCUT2D eigenvalue weighted by molar-refractivity contribution is -0.354. The van der Waals surface area contributed by atoms with Crippen LogP contribution in [0.15, 0.2) is 0 Å². The van der Waals surface area contributed by atoms with Gasteiger partial charge in [0.2, 0.25) is 23.6 Å². The van der Waals surface area contributed by atoms with E-state index in [1.807, 2.05) is 0 Å². The quantitative estimate of drug-likeness (QED) is 0.0174. The van der Waals surface area contributed by atoms with Crippen molar-refractivity contribution >= 4 is 64.9 Å². The number of carbonyl (C=O) groups is 7. The number of amides is 5. The summed E-state index contributed by atoms with van der Waals surface area (Å²) in [5.74, 6) is -2.55. The van der Waals surface area contributed by atoms with Crippen molar-refractivity contribution in [2.45, 2.75) is 254 Å². The molecule has 7 fully saturated rings. The van der Waals surface area contributed by atoms with E-state index in [2.05, 4.69) is 26.6 Å². The van der Waals surface area contributed by atoms with Gasteiger partial charge in [-0.15, -0.1) is 23.2 Å². The maximum atomic E-state index is 14.4. The van der Waals surface area contributed by atoms with Gasteiger partial charge in [-0.3, -0.25) is 19.2 Å². The number of ether oxygens (including phenoxy) is 10. The number of alkyl carbamates (subject to hydrolysis) is 1. The van der Waals surface area contributed by atoms with Crippen molar-refractivity contribution in [2.24, 2.45) is 29.6 Å². The van der Waals surface area contributed by atoms with E-state index in [0.29, 0.717) is 38.5 Å². The predicted molar refractivity (Wildman–Crippen MR) is 327 cm³/mol. The Morgan fingerprint density at radius 1 is 0.591 bits per heavy atom. The molecule has 0 bridgehead atoms. The number of rotatable bonds is 35. The number of esters is 2. The van der Waals surface area contributed by atoms with Gasteiger partial charge in [-0.2, -0.15) is 0 Å². The van der Waals surface area contributed by atoms with Gasteiger partial charge in [-0.25, -0.2) is 14.4 Å². The maximum absolute atomic E-state index is 14.4. The van der Waals surface area contributed by atoms with Crippen molar-refractivity contribution in [3.8, 4) is 0 Å². The summed E-state index contributed by atoms with van der Waals surface area (Å²) in [6.07, 6.45) is 19.4. The first-order valence-corrected chi connectivity index (χ1v) is 34.8. The van der Waals surface area contributed by atoms with Gasteiger partial charge in [-0.05, 0) is 109 Å². The number of halogens is 2. The van der Waals surface area contributed by atoms with E-state index >= 15 is 0 Å². The maximum Gasteiger partial charge on any atom is 0.407 e. The number of unbranched alkanes of at least 4 members (excludes halogenated alkanes) is 1. The van der Waals surface area contributed by atoms with Crippen LogP contribution in [0.1, 0.15) is 193 Å². The van der Waals surface area contributed by atoms with Crippen LogP contribution in [0.3, 0.4) is 0 Å². The first-order chi connectivity index (χ1) is 42.8. The first kappa shape index (κ1) is 71.8. The average Bonchev–Trinajstić information content (AvgIpc) is 1.13. The highest BCUT2D eigenvalue weighted by Crippen LogP contribution is 2.38. The first-order valence-electron chi connectivity index (χ1n) is 33.8. The third-order valence-electron chi connectivity index (χ3n) is 18.6. The van der Waals surface area contributed by atoms with Crippen LogP contribution < -0.4 is 26.6 Å². The molecule has 5 saturated carbocycles. The predicted octanol–water partition coefficient (Wildman–Crippen LogP) is 7.97. The minimum absolute atomic E-state index is 0.0311. The molecule has 2 saturated heterocycles. The number of alkyl halides is 2. The fourth-order valence-electron chi connectivity index (χ4n) is 13.4.